The Morgan fingerprint density at radius 1 is 1.21 bits per heavy atom. The van der Waals surface area contributed by atoms with Crippen molar-refractivity contribution in [3.8, 4) is 5.69 Å². The molecule has 1 amide bonds. The van der Waals surface area contributed by atoms with E-state index in [1.165, 1.54) is 23.4 Å². The van der Waals surface area contributed by atoms with E-state index in [1.807, 2.05) is 6.92 Å². The number of nitrogens with zero attached hydrogens (tertiary/aromatic N) is 5. The maximum Gasteiger partial charge on any atom is 0.416 e. The van der Waals surface area contributed by atoms with Crippen LogP contribution in [0.1, 0.15) is 18.3 Å². The molecule has 2 N–H and O–H groups in total. The number of aromatic nitrogens is 5. The van der Waals surface area contributed by atoms with Gasteiger partial charge < -0.3 is 10.3 Å². The third kappa shape index (κ3) is 5.12. The van der Waals surface area contributed by atoms with Crippen LogP contribution in [0.5, 0.6) is 0 Å². The highest BCUT2D eigenvalue weighted by Gasteiger charge is 2.31. The van der Waals surface area contributed by atoms with Crippen LogP contribution in [0, 0.1) is 0 Å². The summed E-state index contributed by atoms with van der Waals surface area (Å²) in [5, 5.41) is 6.93. The number of fused-ring (bicyclic) bond motifs is 1. The number of para-hydroxylation sites is 1. The Hall–Kier alpha value is -4.06. The van der Waals surface area contributed by atoms with E-state index in [2.05, 4.69) is 25.4 Å². The lowest BCUT2D eigenvalue weighted by molar-refractivity contribution is -0.137. The van der Waals surface area contributed by atoms with Gasteiger partial charge in [0.2, 0.25) is 5.91 Å². The molecule has 0 radical (unpaired) electrons. The third-order valence-corrected chi connectivity index (χ3v) is 5.11. The summed E-state index contributed by atoms with van der Waals surface area (Å²) in [6, 6.07) is 9.87. The van der Waals surface area contributed by atoms with E-state index in [0.717, 1.165) is 12.1 Å². The number of nitrogens with one attached hydrogen (secondary N) is 2. The fourth-order valence-corrected chi connectivity index (χ4v) is 3.44. The molecule has 2 aromatic carbocycles. The number of hydrogen-bond donors (Lipinski definition) is 2. The van der Waals surface area contributed by atoms with Crippen molar-refractivity contribution in [3.63, 3.8) is 0 Å². The number of carbonyl (C=O) groups is 1. The summed E-state index contributed by atoms with van der Waals surface area (Å²) in [4.78, 5) is 37.7. The van der Waals surface area contributed by atoms with Gasteiger partial charge in [0, 0.05) is 0 Å². The number of halogens is 3. The van der Waals surface area contributed by atoms with E-state index < -0.39 is 17.6 Å². The van der Waals surface area contributed by atoms with Crippen molar-refractivity contribution < 1.29 is 18.0 Å². The van der Waals surface area contributed by atoms with E-state index in [-0.39, 0.29) is 30.0 Å². The number of benzene rings is 2. The van der Waals surface area contributed by atoms with Crippen LogP contribution in [0.3, 0.4) is 0 Å². The molecule has 12 heteroatoms. The van der Waals surface area contributed by atoms with Gasteiger partial charge in [0.25, 0.3) is 5.56 Å². The quantitative estimate of drug-likeness (QED) is 0.429. The molecule has 0 saturated carbocycles. The third-order valence-electron chi connectivity index (χ3n) is 5.11. The molecule has 0 fully saturated rings. The molecule has 2 aromatic heterocycles. The lowest BCUT2D eigenvalue weighted by atomic mass is 10.1. The maximum absolute atomic E-state index is 13.2. The molecular formula is C22H20F3N7O2. The molecule has 4 rings (SSSR count). The summed E-state index contributed by atoms with van der Waals surface area (Å²) in [5.41, 5.74) is -0.483. The second kappa shape index (κ2) is 9.43. The SMILES string of the molecule is CCN(CC(=O)Nc1cc(C(F)(F)F)ccc1-n1cncn1)Cc1nc2ccccc2c(=O)[nH]1. The first-order valence-electron chi connectivity index (χ1n) is 10.3. The minimum atomic E-state index is -4.58. The molecule has 2 heterocycles. The number of carbonyl (C=O) groups excluding carboxylic acids is 1. The van der Waals surface area contributed by atoms with Crippen LogP contribution in [0.25, 0.3) is 16.6 Å². The zero-order valence-corrected chi connectivity index (χ0v) is 18.0. The van der Waals surface area contributed by atoms with Gasteiger partial charge in [-0.25, -0.2) is 14.6 Å². The Labute approximate surface area is 191 Å². The number of H-pyrrole nitrogens is 1. The highest BCUT2D eigenvalue weighted by Crippen LogP contribution is 2.33. The summed E-state index contributed by atoms with van der Waals surface area (Å²) in [6.45, 7) is 2.28. The van der Waals surface area contributed by atoms with Gasteiger partial charge >= 0.3 is 6.18 Å². The first kappa shape index (κ1) is 23.1. The Kier molecular flexibility index (Phi) is 6.41. The zero-order valence-electron chi connectivity index (χ0n) is 18.0. The molecule has 176 valence electrons. The normalized spacial score (nSPS) is 11.8. The monoisotopic (exact) mass is 471 g/mol. The first-order valence-corrected chi connectivity index (χ1v) is 10.3. The second-order valence-corrected chi connectivity index (χ2v) is 7.45. The molecule has 9 nitrogen and oxygen atoms in total. The Morgan fingerprint density at radius 3 is 2.71 bits per heavy atom. The van der Waals surface area contributed by atoms with E-state index in [4.69, 9.17) is 0 Å². The van der Waals surface area contributed by atoms with Gasteiger partial charge in [0.05, 0.1) is 40.9 Å². The van der Waals surface area contributed by atoms with E-state index in [9.17, 15) is 22.8 Å². The van der Waals surface area contributed by atoms with Crippen molar-refractivity contribution >= 4 is 22.5 Å². The number of anilines is 1. The fraction of sp³-hybridized carbons (Fsp3) is 0.227. The molecule has 4 aromatic rings. The summed E-state index contributed by atoms with van der Waals surface area (Å²) in [6.07, 6.45) is -2.03. The number of likely N-dealkylation sites (N-methyl/N-ethyl adjacent to an activating group) is 1. The Bertz CT molecular complexity index is 1370. The molecule has 0 aliphatic carbocycles. The van der Waals surface area contributed by atoms with Crippen LogP contribution in [-0.2, 0) is 17.5 Å². The molecular weight excluding hydrogens is 451 g/mol. The minimum Gasteiger partial charge on any atom is -0.323 e. The van der Waals surface area contributed by atoms with E-state index in [0.29, 0.717) is 23.3 Å². The number of alkyl halides is 3. The smallest absolute Gasteiger partial charge is 0.323 e. The highest BCUT2D eigenvalue weighted by molar-refractivity contribution is 5.94. The van der Waals surface area contributed by atoms with Crippen molar-refractivity contribution in [3.05, 3.63) is 76.9 Å². The topological polar surface area (TPSA) is 109 Å². The minimum absolute atomic E-state index is 0.0568. The number of amides is 1. The van der Waals surface area contributed by atoms with Gasteiger partial charge in [0.15, 0.2) is 0 Å². The van der Waals surface area contributed by atoms with Gasteiger partial charge in [-0.15, -0.1) is 0 Å². The van der Waals surface area contributed by atoms with Crippen molar-refractivity contribution in [1.29, 1.82) is 0 Å². The number of hydrogen-bond acceptors (Lipinski definition) is 6. The number of rotatable bonds is 7. The van der Waals surface area contributed by atoms with Gasteiger partial charge in [0.1, 0.15) is 18.5 Å². The summed E-state index contributed by atoms with van der Waals surface area (Å²) < 4.78 is 41.0. The van der Waals surface area contributed by atoms with Gasteiger partial charge in [-0.3, -0.25) is 14.5 Å². The summed E-state index contributed by atoms with van der Waals surface area (Å²) >= 11 is 0. The van der Waals surface area contributed by atoms with Crippen LogP contribution < -0.4 is 10.9 Å². The molecule has 0 unspecified atom stereocenters. The van der Waals surface area contributed by atoms with Crippen LogP contribution in [0.2, 0.25) is 0 Å². The average molecular weight is 471 g/mol. The van der Waals surface area contributed by atoms with Crippen molar-refractivity contribution in [2.24, 2.45) is 0 Å². The predicted molar refractivity (Wildman–Crippen MR) is 118 cm³/mol. The largest absolute Gasteiger partial charge is 0.416 e. The summed E-state index contributed by atoms with van der Waals surface area (Å²) in [7, 11) is 0. The highest BCUT2D eigenvalue weighted by atomic mass is 19.4. The molecule has 0 saturated heterocycles. The molecule has 0 aliphatic heterocycles. The second-order valence-electron chi connectivity index (χ2n) is 7.45. The van der Waals surface area contributed by atoms with Crippen molar-refractivity contribution in [1.82, 2.24) is 29.6 Å². The first-order chi connectivity index (χ1) is 16.2. The van der Waals surface area contributed by atoms with Gasteiger partial charge in [-0.2, -0.15) is 18.3 Å². The molecule has 0 aliphatic rings. The molecule has 34 heavy (non-hydrogen) atoms. The van der Waals surface area contributed by atoms with Crippen LogP contribution >= 0.6 is 0 Å². The summed E-state index contributed by atoms with van der Waals surface area (Å²) in [5.74, 6) is -0.161. The molecule has 0 atom stereocenters. The zero-order chi connectivity index (χ0) is 24.3. The number of aromatic amines is 1. The Balaban J connectivity index is 1.54. The predicted octanol–water partition coefficient (Wildman–Crippen LogP) is 2.98. The molecule has 0 bridgehead atoms. The lowest BCUT2D eigenvalue weighted by Crippen LogP contribution is -2.34. The molecule has 0 spiro atoms. The standard InChI is InChI=1S/C22H20F3N7O2/c1-2-31(10-19-28-16-6-4-3-5-15(16)21(34)30-19)11-20(33)29-17-9-14(22(23,24)25)7-8-18(17)32-13-26-12-27-32/h3-9,12-13H,2,10-11H2,1H3,(H,29,33)(H,28,30,34). The van der Waals surface area contributed by atoms with E-state index in [1.54, 1.807) is 29.2 Å². The van der Waals surface area contributed by atoms with Crippen LogP contribution in [-0.4, -0.2) is 48.6 Å². The van der Waals surface area contributed by atoms with E-state index >= 15 is 0 Å². The van der Waals surface area contributed by atoms with Crippen molar-refractivity contribution in [2.45, 2.75) is 19.6 Å². The van der Waals surface area contributed by atoms with Crippen LogP contribution in [0.15, 0.2) is 59.9 Å². The average Bonchev–Trinajstić information content (AvgIpc) is 3.33. The Morgan fingerprint density at radius 2 is 2.00 bits per heavy atom. The van der Waals surface area contributed by atoms with Crippen LogP contribution in [0.4, 0.5) is 18.9 Å². The lowest BCUT2D eigenvalue weighted by Gasteiger charge is -2.20. The maximum atomic E-state index is 13.2. The van der Waals surface area contributed by atoms with Gasteiger partial charge in [-0.05, 0) is 36.9 Å². The fourth-order valence-electron chi connectivity index (χ4n) is 3.44. The van der Waals surface area contributed by atoms with Gasteiger partial charge in [-0.1, -0.05) is 19.1 Å². The van der Waals surface area contributed by atoms with Crippen molar-refractivity contribution in [2.75, 3.05) is 18.4 Å².